The monoisotopic (exact) mass is 662 g/mol. The molecule has 0 atom stereocenters. The third-order valence-corrected chi connectivity index (χ3v) is 10.1. The molecule has 4 aromatic heterocycles. The van der Waals surface area contributed by atoms with Gasteiger partial charge < -0.3 is 4.74 Å². The topological polar surface area (TPSA) is 44.9 Å². The van der Waals surface area contributed by atoms with Crippen LogP contribution in [0.25, 0.3) is 77.8 Å². The van der Waals surface area contributed by atoms with Crippen molar-refractivity contribution in [1.82, 2.24) is 19.1 Å². The van der Waals surface area contributed by atoms with Crippen LogP contribution in [0.4, 0.5) is 0 Å². The van der Waals surface area contributed by atoms with E-state index in [1.807, 2.05) is 12.1 Å². The highest BCUT2D eigenvalue weighted by Gasteiger charge is 2.26. The largest absolute Gasteiger partial charge is 0.497 e. The molecule has 0 aliphatic rings. The fourth-order valence-electron chi connectivity index (χ4n) is 7.59. The molecule has 0 spiro atoms. The van der Waals surface area contributed by atoms with Gasteiger partial charge >= 0.3 is 0 Å². The summed E-state index contributed by atoms with van der Waals surface area (Å²) in [5.74, 6) is 1.65. The number of methoxy groups -OCH3 is 1. The van der Waals surface area contributed by atoms with Crippen LogP contribution in [0.1, 0.15) is 31.9 Å². The Morgan fingerprint density at radius 3 is 1.90 bits per heavy atom. The third-order valence-electron chi connectivity index (χ3n) is 10.1. The Morgan fingerprint density at radius 2 is 1.22 bits per heavy atom. The number of aromatic nitrogens is 4. The van der Waals surface area contributed by atoms with Gasteiger partial charge in [-0.3, -0.25) is 9.13 Å². The lowest BCUT2D eigenvalue weighted by atomic mass is 9.87. The highest BCUT2D eigenvalue weighted by Crippen LogP contribution is 2.46. The molecule has 0 unspecified atom stereocenters. The van der Waals surface area contributed by atoms with Crippen molar-refractivity contribution in [1.29, 1.82) is 0 Å². The standard InChI is InChI=1S/C46H38N4O/c1-29-14-6-7-17-34(29)37-20-13-23-40(47-37)50-39-22-11-9-19-36(39)43-41(30-24-26-33(51-5)27-25-30)42-35-18-8-10-21-38(35)49(44(42)48-45(43)50)32-16-12-15-31(28-32)46(2,3)4/h6-28H,1-5H3. The molecule has 0 bridgehead atoms. The molecule has 0 saturated carbocycles. The molecule has 4 heterocycles. The van der Waals surface area contributed by atoms with Crippen molar-refractivity contribution in [3.8, 4) is 39.6 Å². The Labute approximate surface area is 297 Å². The van der Waals surface area contributed by atoms with Crippen LogP contribution in [0.15, 0.2) is 140 Å². The Hall–Kier alpha value is -6.20. The minimum atomic E-state index is -0.00998. The molecule has 5 nitrogen and oxygen atoms in total. The minimum Gasteiger partial charge on any atom is -0.497 e. The number of ether oxygens (including phenoxy) is 1. The molecule has 51 heavy (non-hydrogen) atoms. The molecule has 9 aromatic rings. The van der Waals surface area contributed by atoms with Gasteiger partial charge in [0.25, 0.3) is 0 Å². The first-order valence-corrected chi connectivity index (χ1v) is 17.5. The van der Waals surface area contributed by atoms with Crippen LogP contribution in [-0.2, 0) is 5.41 Å². The van der Waals surface area contributed by atoms with Crippen LogP contribution in [0.5, 0.6) is 5.75 Å². The zero-order chi connectivity index (χ0) is 34.9. The van der Waals surface area contributed by atoms with Gasteiger partial charge in [0.1, 0.15) is 22.9 Å². The second kappa shape index (κ2) is 11.7. The summed E-state index contributed by atoms with van der Waals surface area (Å²) < 4.78 is 10.2. The predicted octanol–water partition coefficient (Wildman–Crippen LogP) is 11.6. The number of hydrogen-bond donors (Lipinski definition) is 0. The van der Waals surface area contributed by atoms with Crippen LogP contribution >= 0.6 is 0 Å². The molecule has 0 amide bonds. The summed E-state index contributed by atoms with van der Waals surface area (Å²) in [7, 11) is 1.71. The van der Waals surface area contributed by atoms with E-state index in [0.717, 1.165) is 83.5 Å². The van der Waals surface area contributed by atoms with Gasteiger partial charge in [0.15, 0.2) is 0 Å². The number of benzene rings is 5. The van der Waals surface area contributed by atoms with E-state index in [-0.39, 0.29) is 5.41 Å². The van der Waals surface area contributed by atoms with Crippen molar-refractivity contribution in [2.45, 2.75) is 33.1 Å². The molecule has 0 fully saturated rings. The number of pyridine rings is 2. The summed E-state index contributed by atoms with van der Waals surface area (Å²) in [6.07, 6.45) is 0. The Bertz CT molecular complexity index is 2780. The van der Waals surface area contributed by atoms with E-state index in [2.05, 4.69) is 164 Å². The van der Waals surface area contributed by atoms with E-state index in [9.17, 15) is 0 Å². The summed E-state index contributed by atoms with van der Waals surface area (Å²) in [4.78, 5) is 11.0. The summed E-state index contributed by atoms with van der Waals surface area (Å²) in [5.41, 5.74) is 11.8. The van der Waals surface area contributed by atoms with E-state index >= 15 is 0 Å². The van der Waals surface area contributed by atoms with Crippen LogP contribution in [0, 0.1) is 6.92 Å². The van der Waals surface area contributed by atoms with Crippen LogP contribution in [0.3, 0.4) is 0 Å². The van der Waals surface area contributed by atoms with Gasteiger partial charge in [-0.2, -0.15) is 0 Å². The summed E-state index contributed by atoms with van der Waals surface area (Å²) >= 11 is 0. The van der Waals surface area contributed by atoms with Gasteiger partial charge in [0.05, 0.1) is 23.8 Å². The maximum Gasteiger partial charge on any atom is 0.149 e. The summed E-state index contributed by atoms with van der Waals surface area (Å²) in [6.45, 7) is 8.92. The Morgan fingerprint density at radius 1 is 0.588 bits per heavy atom. The van der Waals surface area contributed by atoms with E-state index in [4.69, 9.17) is 14.7 Å². The molecule has 5 aromatic carbocycles. The SMILES string of the molecule is COc1ccc(-c2c3c4ccccc4n(-c4cccc(C(C)(C)C)c4)c3nc3c2c2ccccc2n3-c2cccc(-c3ccccc3C)n2)cc1. The number of aryl methyl sites for hydroxylation is 1. The number of fused-ring (bicyclic) bond motifs is 6. The lowest BCUT2D eigenvalue weighted by molar-refractivity contribution is 0.415. The maximum absolute atomic E-state index is 5.70. The third kappa shape index (κ3) is 4.91. The van der Waals surface area contributed by atoms with Crippen LogP contribution < -0.4 is 4.74 Å². The van der Waals surface area contributed by atoms with Gasteiger partial charge in [-0.1, -0.05) is 112 Å². The first-order chi connectivity index (χ1) is 24.8. The first-order valence-electron chi connectivity index (χ1n) is 17.5. The lowest BCUT2D eigenvalue weighted by Gasteiger charge is -2.20. The molecule has 0 radical (unpaired) electrons. The molecule has 5 heteroatoms. The Kier molecular flexibility index (Phi) is 7.07. The molecule has 0 aliphatic heterocycles. The van der Waals surface area contributed by atoms with Crippen LogP contribution in [-0.4, -0.2) is 26.2 Å². The fourth-order valence-corrected chi connectivity index (χ4v) is 7.59. The normalized spacial score (nSPS) is 12.0. The predicted molar refractivity (Wildman–Crippen MR) is 212 cm³/mol. The van der Waals surface area contributed by atoms with E-state index < -0.39 is 0 Å². The maximum atomic E-state index is 5.70. The van der Waals surface area contributed by atoms with Crippen molar-refractivity contribution in [3.05, 3.63) is 151 Å². The van der Waals surface area contributed by atoms with Crippen molar-refractivity contribution in [2.75, 3.05) is 7.11 Å². The van der Waals surface area contributed by atoms with Crippen molar-refractivity contribution >= 4 is 43.9 Å². The van der Waals surface area contributed by atoms with Gasteiger partial charge in [-0.05, 0) is 77.6 Å². The minimum absolute atomic E-state index is 0.00998. The highest BCUT2D eigenvalue weighted by atomic mass is 16.5. The molecule has 0 N–H and O–H groups in total. The van der Waals surface area contributed by atoms with E-state index in [1.165, 1.54) is 11.1 Å². The zero-order valence-corrected chi connectivity index (χ0v) is 29.5. The van der Waals surface area contributed by atoms with E-state index in [1.54, 1.807) is 7.11 Å². The average molecular weight is 663 g/mol. The van der Waals surface area contributed by atoms with Gasteiger partial charge in [0.2, 0.25) is 0 Å². The number of hydrogen-bond acceptors (Lipinski definition) is 3. The first kappa shape index (κ1) is 30.8. The zero-order valence-electron chi connectivity index (χ0n) is 29.5. The number of nitrogens with zero attached hydrogens (tertiary/aromatic N) is 4. The number of rotatable bonds is 5. The molecule has 0 aliphatic carbocycles. The smallest absolute Gasteiger partial charge is 0.149 e. The molecule has 248 valence electrons. The second-order valence-corrected chi connectivity index (χ2v) is 14.3. The van der Waals surface area contributed by atoms with Crippen molar-refractivity contribution in [2.24, 2.45) is 0 Å². The summed E-state index contributed by atoms with van der Waals surface area (Å²) in [5, 5.41) is 4.50. The molecular weight excluding hydrogens is 625 g/mol. The van der Waals surface area contributed by atoms with Gasteiger partial charge in [-0.15, -0.1) is 0 Å². The second-order valence-electron chi connectivity index (χ2n) is 14.3. The van der Waals surface area contributed by atoms with Crippen molar-refractivity contribution < 1.29 is 4.74 Å². The van der Waals surface area contributed by atoms with Gasteiger partial charge in [-0.25, -0.2) is 9.97 Å². The molecule has 9 rings (SSSR count). The Balaban J connectivity index is 1.47. The quantitative estimate of drug-likeness (QED) is 0.184. The highest BCUT2D eigenvalue weighted by molar-refractivity contribution is 6.26. The lowest BCUT2D eigenvalue weighted by Crippen LogP contribution is -2.11. The number of para-hydroxylation sites is 2. The van der Waals surface area contributed by atoms with Crippen LogP contribution in [0.2, 0.25) is 0 Å². The average Bonchev–Trinajstić information content (AvgIpc) is 3.66. The van der Waals surface area contributed by atoms with Gasteiger partial charge in [0, 0.05) is 38.4 Å². The fraction of sp³-hybridized carbons (Fsp3) is 0.130. The van der Waals surface area contributed by atoms with Crippen molar-refractivity contribution in [3.63, 3.8) is 0 Å². The molecule has 0 saturated heterocycles. The van der Waals surface area contributed by atoms with E-state index in [0.29, 0.717) is 0 Å². The molecular formula is C46H38N4O. The summed E-state index contributed by atoms with van der Waals surface area (Å²) in [6, 6.07) is 49.3.